The Morgan fingerprint density at radius 1 is 1.10 bits per heavy atom. The molecule has 2 aromatic rings. The van der Waals surface area contributed by atoms with Gasteiger partial charge in [-0.3, -0.25) is 0 Å². The topological polar surface area (TPSA) is 62.2 Å². The highest BCUT2D eigenvalue weighted by atomic mass is 16.4. The molecule has 1 aromatic carbocycles. The van der Waals surface area contributed by atoms with Crippen LogP contribution >= 0.6 is 0 Å². The minimum absolute atomic E-state index is 0.0777. The first-order chi connectivity index (χ1) is 9.72. The Kier molecular flexibility index (Phi) is 3.37. The number of anilines is 1. The fraction of sp³-hybridized carbons (Fsp3) is 0.250. The molecule has 4 heteroatoms. The van der Waals surface area contributed by atoms with Crippen LogP contribution < -0.4 is 5.32 Å². The molecule has 0 atom stereocenters. The van der Waals surface area contributed by atoms with Gasteiger partial charge in [0, 0.05) is 6.04 Å². The second-order valence-corrected chi connectivity index (χ2v) is 5.13. The van der Waals surface area contributed by atoms with Crippen molar-refractivity contribution in [2.24, 2.45) is 0 Å². The van der Waals surface area contributed by atoms with Crippen molar-refractivity contribution in [1.82, 2.24) is 4.98 Å². The number of hydrogen-bond donors (Lipinski definition) is 2. The molecule has 1 saturated carbocycles. The highest BCUT2D eigenvalue weighted by Gasteiger charge is 2.30. The fourth-order valence-electron chi connectivity index (χ4n) is 2.58. The Balaban J connectivity index is 1.59. The van der Waals surface area contributed by atoms with E-state index in [1.807, 2.05) is 12.1 Å². The Hall–Kier alpha value is -2.36. The largest absolute Gasteiger partial charge is 0.477 e. The number of benzene rings is 1. The molecule has 0 saturated heterocycles. The van der Waals surface area contributed by atoms with Gasteiger partial charge >= 0.3 is 5.97 Å². The van der Waals surface area contributed by atoms with E-state index in [2.05, 4.69) is 34.6 Å². The molecule has 3 rings (SSSR count). The fourth-order valence-corrected chi connectivity index (χ4v) is 2.58. The van der Waals surface area contributed by atoms with Crippen LogP contribution in [-0.2, 0) is 0 Å². The molecule has 1 aliphatic rings. The van der Waals surface area contributed by atoms with E-state index in [9.17, 15) is 4.79 Å². The van der Waals surface area contributed by atoms with Crippen LogP contribution in [0.1, 0.15) is 34.8 Å². The van der Waals surface area contributed by atoms with Gasteiger partial charge in [0.25, 0.3) is 0 Å². The normalized spacial score (nSPS) is 21.0. The molecule has 4 nitrogen and oxygen atoms in total. The summed E-state index contributed by atoms with van der Waals surface area (Å²) in [5.74, 6) is 0.238. The maximum Gasteiger partial charge on any atom is 0.354 e. The summed E-state index contributed by atoms with van der Waals surface area (Å²) in [7, 11) is 0. The maximum absolute atomic E-state index is 10.9. The summed E-state index contributed by atoms with van der Waals surface area (Å²) >= 11 is 0. The first-order valence-electron chi connectivity index (χ1n) is 6.74. The summed E-state index contributed by atoms with van der Waals surface area (Å²) < 4.78 is 0. The number of carbonyl (C=O) groups is 1. The van der Waals surface area contributed by atoms with Gasteiger partial charge in [0.1, 0.15) is 5.82 Å². The van der Waals surface area contributed by atoms with Gasteiger partial charge in [-0.25, -0.2) is 9.78 Å². The number of hydrogen-bond acceptors (Lipinski definition) is 3. The number of nitrogens with one attached hydrogen (secondary N) is 1. The molecule has 0 aliphatic heterocycles. The Morgan fingerprint density at radius 3 is 2.55 bits per heavy atom. The van der Waals surface area contributed by atoms with Gasteiger partial charge in [0.2, 0.25) is 0 Å². The predicted molar refractivity (Wildman–Crippen MR) is 77.0 cm³/mol. The van der Waals surface area contributed by atoms with Gasteiger partial charge in [0.15, 0.2) is 5.69 Å². The van der Waals surface area contributed by atoms with E-state index in [-0.39, 0.29) is 5.69 Å². The zero-order chi connectivity index (χ0) is 13.9. The number of aromatic carboxylic acids is 1. The van der Waals surface area contributed by atoms with Crippen molar-refractivity contribution in [3.05, 3.63) is 59.8 Å². The van der Waals surface area contributed by atoms with Crippen LogP contribution in [0.5, 0.6) is 0 Å². The molecule has 0 amide bonds. The lowest BCUT2D eigenvalue weighted by atomic mass is 9.76. The number of carboxylic acid groups (broad SMARTS) is 1. The van der Waals surface area contributed by atoms with Crippen molar-refractivity contribution in [3.8, 4) is 0 Å². The van der Waals surface area contributed by atoms with Crippen LogP contribution in [0.2, 0.25) is 0 Å². The standard InChI is InChI=1S/C16H16N2O2/c19-16(20)14-7-4-8-15(18-14)17-13-9-12(10-13)11-5-2-1-3-6-11/h1-8,12-13H,9-10H2,(H,17,18)(H,19,20). The van der Waals surface area contributed by atoms with Gasteiger partial charge < -0.3 is 10.4 Å². The lowest BCUT2D eigenvalue weighted by Gasteiger charge is -2.36. The van der Waals surface area contributed by atoms with Crippen LogP contribution in [0.15, 0.2) is 48.5 Å². The number of pyridine rings is 1. The summed E-state index contributed by atoms with van der Waals surface area (Å²) in [5.41, 5.74) is 1.45. The molecular formula is C16H16N2O2. The molecule has 1 fully saturated rings. The van der Waals surface area contributed by atoms with Crippen LogP contribution in [0.25, 0.3) is 0 Å². The van der Waals surface area contributed by atoms with Gasteiger partial charge in [-0.15, -0.1) is 0 Å². The van der Waals surface area contributed by atoms with E-state index in [1.54, 1.807) is 6.07 Å². The van der Waals surface area contributed by atoms with Gasteiger partial charge in [-0.05, 0) is 36.5 Å². The third-order valence-electron chi connectivity index (χ3n) is 3.73. The number of nitrogens with zero attached hydrogens (tertiary/aromatic N) is 1. The second-order valence-electron chi connectivity index (χ2n) is 5.13. The lowest BCUT2D eigenvalue weighted by Crippen LogP contribution is -2.34. The first kappa shape index (κ1) is 12.7. The molecule has 1 aliphatic carbocycles. The molecular weight excluding hydrogens is 252 g/mol. The zero-order valence-corrected chi connectivity index (χ0v) is 11.0. The van der Waals surface area contributed by atoms with E-state index in [1.165, 1.54) is 11.6 Å². The predicted octanol–water partition coefficient (Wildman–Crippen LogP) is 3.14. The molecule has 0 unspecified atom stereocenters. The molecule has 2 N–H and O–H groups in total. The summed E-state index contributed by atoms with van der Waals surface area (Å²) in [6.45, 7) is 0. The highest BCUT2D eigenvalue weighted by molar-refractivity contribution is 5.85. The Labute approximate surface area is 117 Å². The van der Waals surface area contributed by atoms with Crippen LogP contribution in [0.3, 0.4) is 0 Å². The van der Waals surface area contributed by atoms with Crippen molar-refractivity contribution in [1.29, 1.82) is 0 Å². The smallest absolute Gasteiger partial charge is 0.354 e. The molecule has 1 heterocycles. The summed E-state index contributed by atoms with van der Waals surface area (Å²) in [5, 5.41) is 12.2. The number of carboxylic acids is 1. The maximum atomic E-state index is 10.9. The van der Waals surface area contributed by atoms with Crippen molar-refractivity contribution in [3.63, 3.8) is 0 Å². The van der Waals surface area contributed by atoms with E-state index in [4.69, 9.17) is 5.11 Å². The number of rotatable bonds is 4. The van der Waals surface area contributed by atoms with Crippen molar-refractivity contribution in [2.75, 3.05) is 5.32 Å². The van der Waals surface area contributed by atoms with Gasteiger partial charge in [-0.2, -0.15) is 0 Å². The lowest BCUT2D eigenvalue weighted by molar-refractivity contribution is 0.0690. The molecule has 20 heavy (non-hydrogen) atoms. The zero-order valence-electron chi connectivity index (χ0n) is 11.0. The van der Waals surface area contributed by atoms with Crippen LogP contribution in [-0.4, -0.2) is 22.1 Å². The summed E-state index contributed by atoms with van der Waals surface area (Å²) in [4.78, 5) is 15.0. The van der Waals surface area contributed by atoms with Crippen molar-refractivity contribution in [2.45, 2.75) is 24.8 Å². The third-order valence-corrected chi connectivity index (χ3v) is 3.73. The second kappa shape index (κ2) is 5.33. The van der Waals surface area contributed by atoms with E-state index in [0.717, 1.165) is 12.8 Å². The van der Waals surface area contributed by atoms with Gasteiger partial charge in [0.05, 0.1) is 0 Å². The third kappa shape index (κ3) is 2.64. The van der Waals surface area contributed by atoms with Crippen molar-refractivity contribution >= 4 is 11.8 Å². The Morgan fingerprint density at radius 2 is 1.85 bits per heavy atom. The van der Waals surface area contributed by atoms with E-state index in [0.29, 0.717) is 17.8 Å². The average molecular weight is 268 g/mol. The molecule has 102 valence electrons. The molecule has 0 radical (unpaired) electrons. The van der Waals surface area contributed by atoms with Crippen molar-refractivity contribution < 1.29 is 9.90 Å². The quantitative estimate of drug-likeness (QED) is 0.894. The van der Waals surface area contributed by atoms with Gasteiger partial charge in [-0.1, -0.05) is 36.4 Å². The summed E-state index contributed by atoms with van der Waals surface area (Å²) in [6, 6.07) is 15.9. The highest BCUT2D eigenvalue weighted by Crippen LogP contribution is 2.38. The minimum atomic E-state index is -0.996. The minimum Gasteiger partial charge on any atom is -0.477 e. The first-order valence-corrected chi connectivity index (χ1v) is 6.74. The van der Waals surface area contributed by atoms with Crippen LogP contribution in [0.4, 0.5) is 5.82 Å². The molecule has 1 aromatic heterocycles. The van der Waals surface area contributed by atoms with E-state index >= 15 is 0 Å². The molecule has 0 spiro atoms. The summed E-state index contributed by atoms with van der Waals surface area (Å²) in [6.07, 6.45) is 2.12. The average Bonchev–Trinajstić information content (AvgIpc) is 2.43. The molecule has 0 bridgehead atoms. The Bertz CT molecular complexity index is 607. The van der Waals surface area contributed by atoms with E-state index < -0.39 is 5.97 Å². The number of aromatic nitrogens is 1. The SMILES string of the molecule is O=C(O)c1cccc(NC2CC(c3ccccc3)C2)n1. The van der Waals surface area contributed by atoms with Crippen LogP contribution in [0, 0.1) is 0 Å². The monoisotopic (exact) mass is 268 g/mol.